The van der Waals surface area contributed by atoms with Crippen molar-refractivity contribution in [3.8, 4) is 5.69 Å². The molecule has 7 rings (SSSR count). The van der Waals surface area contributed by atoms with E-state index in [9.17, 15) is 13.2 Å². The van der Waals surface area contributed by atoms with Crippen LogP contribution in [0.15, 0.2) is 36.4 Å². The van der Waals surface area contributed by atoms with Crippen molar-refractivity contribution < 1.29 is 17.9 Å². The zero-order valence-corrected chi connectivity index (χ0v) is 25.5. The zero-order chi connectivity index (χ0) is 29.4. The molecule has 1 N–H and O–H groups in total. The molecule has 1 saturated carbocycles. The van der Waals surface area contributed by atoms with E-state index in [-0.39, 0.29) is 18.8 Å². The number of piperidine rings is 1. The van der Waals surface area contributed by atoms with Gasteiger partial charge >= 0.3 is 10.2 Å². The predicted octanol–water partition coefficient (Wildman–Crippen LogP) is 3.31. The minimum Gasteiger partial charge on any atom is -0.379 e. The molecule has 1 aliphatic carbocycles. The van der Waals surface area contributed by atoms with E-state index in [4.69, 9.17) is 14.8 Å². The number of likely N-dealkylation sites (tertiary alicyclic amines) is 1. The number of para-hydroxylation sites is 1. The number of benzene rings is 1. The lowest BCUT2D eigenvalue weighted by atomic mass is 9.81. The lowest BCUT2D eigenvalue weighted by molar-refractivity contribution is 0.0718. The molecule has 4 fully saturated rings. The van der Waals surface area contributed by atoms with Crippen molar-refractivity contribution in [1.29, 1.82) is 0 Å². The fraction of sp³-hybridized carbons (Fsp3) is 0.581. The summed E-state index contributed by atoms with van der Waals surface area (Å²) in [5.41, 5.74) is 3.50. The monoisotopic (exact) mass is 607 g/mol. The molecule has 3 aromatic rings. The van der Waals surface area contributed by atoms with Gasteiger partial charge in [0, 0.05) is 38.6 Å². The van der Waals surface area contributed by atoms with E-state index in [0.29, 0.717) is 30.7 Å². The number of anilines is 1. The fourth-order valence-corrected chi connectivity index (χ4v) is 8.01. The molecule has 5 heterocycles. The molecule has 1 aromatic carbocycles. The number of hydrogen-bond acceptors (Lipinski definition) is 8. The Bertz CT molecular complexity index is 1550. The molecule has 1 amide bonds. The average Bonchev–Trinajstić information content (AvgIpc) is 3.65. The van der Waals surface area contributed by atoms with E-state index in [2.05, 4.69) is 14.5 Å². The van der Waals surface area contributed by atoms with Crippen LogP contribution in [0, 0.1) is 5.92 Å². The van der Waals surface area contributed by atoms with Crippen LogP contribution in [0.5, 0.6) is 0 Å². The predicted molar refractivity (Wildman–Crippen MR) is 165 cm³/mol. The van der Waals surface area contributed by atoms with Crippen LogP contribution < -0.4 is 9.62 Å². The molecular weight excluding hydrogens is 566 g/mol. The average molecular weight is 608 g/mol. The highest BCUT2D eigenvalue weighted by atomic mass is 32.2. The topological polar surface area (TPSA) is 113 Å². The third-order valence-corrected chi connectivity index (χ3v) is 11.1. The van der Waals surface area contributed by atoms with Crippen LogP contribution in [0.2, 0.25) is 0 Å². The summed E-state index contributed by atoms with van der Waals surface area (Å²) in [5, 5.41) is 6.10. The first kappa shape index (κ1) is 28.7. The largest absolute Gasteiger partial charge is 0.379 e. The number of pyridine rings is 1. The molecule has 43 heavy (non-hydrogen) atoms. The molecule has 230 valence electrons. The molecular formula is C31H41N7O4S. The molecule has 3 aliphatic heterocycles. The van der Waals surface area contributed by atoms with Gasteiger partial charge in [0.2, 0.25) is 0 Å². The van der Waals surface area contributed by atoms with Crippen molar-refractivity contribution in [1.82, 2.24) is 28.7 Å². The molecule has 3 saturated heterocycles. The maximum Gasteiger partial charge on any atom is 0.304 e. The number of amides is 1. The first-order valence-corrected chi connectivity index (χ1v) is 17.3. The maximum absolute atomic E-state index is 13.6. The van der Waals surface area contributed by atoms with Gasteiger partial charge in [-0.3, -0.25) is 4.79 Å². The van der Waals surface area contributed by atoms with Gasteiger partial charge in [-0.1, -0.05) is 24.6 Å². The van der Waals surface area contributed by atoms with Crippen LogP contribution in [0.3, 0.4) is 0 Å². The summed E-state index contributed by atoms with van der Waals surface area (Å²) in [7, 11) is -4.03. The third kappa shape index (κ3) is 5.90. The Morgan fingerprint density at radius 2 is 1.65 bits per heavy atom. The van der Waals surface area contributed by atoms with Crippen molar-refractivity contribution in [2.24, 2.45) is 5.92 Å². The van der Waals surface area contributed by atoms with Gasteiger partial charge in [0.1, 0.15) is 5.69 Å². The van der Waals surface area contributed by atoms with Crippen molar-refractivity contribution in [2.45, 2.75) is 50.9 Å². The second kappa shape index (κ2) is 12.1. The quantitative estimate of drug-likeness (QED) is 0.415. The van der Waals surface area contributed by atoms with Crippen molar-refractivity contribution in [3.05, 3.63) is 47.8 Å². The van der Waals surface area contributed by atoms with Crippen molar-refractivity contribution in [2.75, 3.05) is 63.9 Å². The van der Waals surface area contributed by atoms with Crippen LogP contribution in [-0.4, -0.2) is 97.3 Å². The number of ether oxygens (including phenoxy) is 1. The fourth-order valence-electron chi connectivity index (χ4n) is 6.91. The van der Waals surface area contributed by atoms with Gasteiger partial charge in [0.05, 0.1) is 35.7 Å². The molecule has 0 radical (unpaired) electrons. The van der Waals surface area contributed by atoms with E-state index >= 15 is 0 Å². The number of carbonyl (C=O) groups excluding carboxylic acids is 1. The number of aromatic nitrogens is 3. The number of hydrogen-bond donors (Lipinski definition) is 1. The second-order valence-corrected chi connectivity index (χ2v) is 14.0. The van der Waals surface area contributed by atoms with Crippen LogP contribution in [0.1, 0.15) is 67.0 Å². The van der Waals surface area contributed by atoms with E-state index in [1.165, 1.54) is 36.7 Å². The number of rotatable bonds is 8. The van der Waals surface area contributed by atoms with Gasteiger partial charge in [0.15, 0.2) is 5.65 Å². The lowest BCUT2D eigenvalue weighted by Gasteiger charge is -2.36. The van der Waals surface area contributed by atoms with Gasteiger partial charge in [-0.15, -0.1) is 0 Å². The maximum atomic E-state index is 13.6. The summed E-state index contributed by atoms with van der Waals surface area (Å²) in [6, 6.07) is 11.7. The Labute approximate surface area is 253 Å². The lowest BCUT2D eigenvalue weighted by Crippen LogP contribution is -2.48. The molecule has 0 atom stereocenters. The normalized spacial score (nSPS) is 21.3. The van der Waals surface area contributed by atoms with Crippen molar-refractivity contribution in [3.63, 3.8) is 0 Å². The van der Waals surface area contributed by atoms with E-state index < -0.39 is 16.1 Å². The second-order valence-electron chi connectivity index (χ2n) is 12.4. The Morgan fingerprint density at radius 3 is 2.33 bits per heavy atom. The Morgan fingerprint density at radius 1 is 0.930 bits per heavy atom. The van der Waals surface area contributed by atoms with E-state index in [0.717, 1.165) is 67.8 Å². The molecule has 2 aromatic heterocycles. The summed E-state index contributed by atoms with van der Waals surface area (Å²) < 4.78 is 36.9. The number of morpholine rings is 1. The van der Waals surface area contributed by atoms with Gasteiger partial charge < -0.3 is 14.5 Å². The van der Waals surface area contributed by atoms with Gasteiger partial charge in [-0.25, -0.2) is 14.4 Å². The summed E-state index contributed by atoms with van der Waals surface area (Å²) in [4.78, 5) is 23.4. The minimum atomic E-state index is -4.03. The third-order valence-electron chi connectivity index (χ3n) is 9.57. The van der Waals surface area contributed by atoms with E-state index in [1.54, 1.807) is 6.07 Å². The summed E-state index contributed by atoms with van der Waals surface area (Å²) in [6.45, 7) is 6.36. The Balaban J connectivity index is 1.27. The zero-order valence-electron chi connectivity index (χ0n) is 24.7. The molecule has 11 nitrogen and oxygen atoms in total. The molecule has 0 bridgehead atoms. The minimum absolute atomic E-state index is 0.0794. The number of nitrogens with one attached hydrogen (secondary N) is 1. The highest BCUT2D eigenvalue weighted by Crippen LogP contribution is 2.43. The summed E-state index contributed by atoms with van der Waals surface area (Å²) in [6.07, 6.45) is 8.10. The van der Waals surface area contributed by atoms with Crippen LogP contribution in [-0.2, 0) is 14.9 Å². The van der Waals surface area contributed by atoms with Gasteiger partial charge in [-0.05, 0) is 75.7 Å². The van der Waals surface area contributed by atoms with Crippen LogP contribution in [0.4, 0.5) is 5.69 Å². The van der Waals surface area contributed by atoms with Crippen LogP contribution in [0.25, 0.3) is 16.7 Å². The van der Waals surface area contributed by atoms with Crippen LogP contribution >= 0.6 is 0 Å². The molecule has 12 heteroatoms. The molecule has 4 aliphatic rings. The highest BCUT2D eigenvalue weighted by Gasteiger charge is 2.33. The highest BCUT2D eigenvalue weighted by molar-refractivity contribution is 7.87. The number of nitrogens with zero attached hydrogens (tertiary/aromatic N) is 6. The Hall–Kier alpha value is -3.06. The number of carbonyl (C=O) groups is 1. The van der Waals surface area contributed by atoms with Gasteiger partial charge in [-0.2, -0.15) is 17.8 Å². The van der Waals surface area contributed by atoms with Crippen molar-refractivity contribution >= 4 is 32.8 Å². The smallest absolute Gasteiger partial charge is 0.304 e. The first-order chi connectivity index (χ1) is 21.0. The first-order valence-electron chi connectivity index (χ1n) is 15.8. The van der Waals surface area contributed by atoms with E-state index in [1.807, 2.05) is 35.0 Å². The summed E-state index contributed by atoms with van der Waals surface area (Å²) in [5.74, 6) is 0.276. The standard InChI is InChI=1S/C31H41N7O4S/c39-31(34-43(40,41)37-17-19-42-20-18-37)26-21-27(36-15-11-23(12-16-36)22-35-13-4-5-14-35)28-29(24-7-6-8-24)33-38(30(28)32-26)25-9-2-1-3-10-25/h1-3,9-10,21,23-24H,4-8,11-20,22H2,(H,34,39). The van der Waals surface area contributed by atoms with Gasteiger partial charge in [0.25, 0.3) is 5.91 Å². The Kier molecular flexibility index (Phi) is 8.10. The SMILES string of the molecule is O=C(NS(=O)(=O)N1CCOCC1)c1cc(N2CCC(CN3CCCC3)CC2)c2c(C3CCC3)nn(-c3ccccc3)c2n1. The summed E-state index contributed by atoms with van der Waals surface area (Å²) >= 11 is 0. The number of fused-ring (bicyclic) bond motifs is 1. The molecule has 0 spiro atoms. The molecule has 0 unspecified atom stereocenters.